The van der Waals surface area contributed by atoms with Crippen LogP contribution in [0.2, 0.25) is 0 Å². The van der Waals surface area contributed by atoms with Crippen LogP contribution in [0.3, 0.4) is 0 Å². The van der Waals surface area contributed by atoms with Crippen LogP contribution >= 0.6 is 0 Å². The molecule has 1 nitrogen and oxygen atoms in total. The molecule has 2 atom stereocenters. The maximum absolute atomic E-state index is 10.4. The van der Waals surface area contributed by atoms with Gasteiger partial charge in [-0.25, -0.2) is 0 Å². The summed E-state index contributed by atoms with van der Waals surface area (Å²) in [7, 11) is 0. The lowest BCUT2D eigenvalue weighted by atomic mass is 9.81. The maximum Gasteiger partial charge on any atom is 0.0930 e. The van der Waals surface area contributed by atoms with E-state index < -0.39 is 5.60 Å². The van der Waals surface area contributed by atoms with Gasteiger partial charge in [0.25, 0.3) is 0 Å². The Bertz CT molecular complexity index is 311. The van der Waals surface area contributed by atoms with Crippen LogP contribution in [-0.2, 0) is 5.60 Å². The van der Waals surface area contributed by atoms with Crippen molar-refractivity contribution in [2.45, 2.75) is 26.4 Å². The fourth-order valence-corrected chi connectivity index (χ4v) is 1.51. The van der Waals surface area contributed by atoms with Gasteiger partial charge in [0.15, 0.2) is 0 Å². The van der Waals surface area contributed by atoms with E-state index in [0.717, 1.165) is 11.1 Å². The van der Waals surface area contributed by atoms with E-state index in [4.69, 9.17) is 0 Å². The molecule has 0 heterocycles. The molecule has 76 valence electrons. The summed E-state index contributed by atoms with van der Waals surface area (Å²) in [6.45, 7) is 9.66. The van der Waals surface area contributed by atoms with Crippen LogP contribution in [0.15, 0.2) is 42.5 Å². The van der Waals surface area contributed by atoms with Crippen LogP contribution in [-0.4, -0.2) is 5.11 Å². The van der Waals surface area contributed by atoms with Gasteiger partial charge in [0.1, 0.15) is 0 Å². The summed E-state index contributed by atoms with van der Waals surface area (Å²) in [6, 6.07) is 9.72. The highest BCUT2D eigenvalue weighted by Gasteiger charge is 2.30. The van der Waals surface area contributed by atoms with E-state index >= 15 is 0 Å². The van der Waals surface area contributed by atoms with Crippen LogP contribution < -0.4 is 0 Å². The van der Waals surface area contributed by atoms with E-state index in [1.54, 1.807) is 0 Å². The molecule has 0 aliphatic carbocycles. The smallest absolute Gasteiger partial charge is 0.0930 e. The second-order valence-corrected chi connectivity index (χ2v) is 4.08. The van der Waals surface area contributed by atoms with Crippen molar-refractivity contribution in [1.82, 2.24) is 0 Å². The zero-order chi connectivity index (χ0) is 10.8. The molecule has 0 spiro atoms. The van der Waals surface area contributed by atoms with Crippen LogP contribution in [0.1, 0.15) is 26.3 Å². The molecule has 0 aliphatic rings. The predicted molar refractivity (Wildman–Crippen MR) is 60.0 cm³/mol. The number of benzene rings is 1. The second-order valence-electron chi connectivity index (χ2n) is 4.08. The third-order valence-corrected chi connectivity index (χ3v) is 2.94. The van der Waals surface area contributed by atoms with Gasteiger partial charge in [-0.2, -0.15) is 0 Å². The van der Waals surface area contributed by atoms with Gasteiger partial charge >= 0.3 is 0 Å². The molecule has 0 radical (unpaired) electrons. The lowest BCUT2D eigenvalue weighted by Crippen LogP contribution is -2.30. The highest BCUT2D eigenvalue weighted by molar-refractivity contribution is 5.24. The van der Waals surface area contributed by atoms with Gasteiger partial charge in [-0.1, -0.05) is 49.4 Å². The minimum absolute atomic E-state index is 0.0601. The van der Waals surface area contributed by atoms with E-state index in [9.17, 15) is 5.11 Å². The highest BCUT2D eigenvalue weighted by atomic mass is 16.3. The minimum Gasteiger partial charge on any atom is -0.385 e. The van der Waals surface area contributed by atoms with Crippen molar-refractivity contribution < 1.29 is 5.11 Å². The summed E-state index contributed by atoms with van der Waals surface area (Å²) in [5, 5.41) is 10.4. The molecular formula is C13H18O. The third-order valence-electron chi connectivity index (χ3n) is 2.94. The third kappa shape index (κ3) is 2.05. The zero-order valence-electron chi connectivity index (χ0n) is 9.12. The van der Waals surface area contributed by atoms with Crippen molar-refractivity contribution in [3.63, 3.8) is 0 Å². The van der Waals surface area contributed by atoms with Gasteiger partial charge in [0, 0.05) is 5.92 Å². The summed E-state index contributed by atoms with van der Waals surface area (Å²) >= 11 is 0. The average Bonchev–Trinajstić information content (AvgIpc) is 2.18. The quantitative estimate of drug-likeness (QED) is 0.726. The lowest BCUT2D eigenvalue weighted by Gasteiger charge is -2.31. The number of aliphatic hydroxyl groups is 1. The Kier molecular flexibility index (Phi) is 3.12. The standard InChI is InChI=1S/C13H18O/c1-10(2)11(3)13(4,14)12-8-6-5-7-9-12/h5-9,11,14H,1H2,2-4H3/t11-,13+/m1/s1. The Morgan fingerprint density at radius 2 is 1.86 bits per heavy atom. The first-order valence-corrected chi connectivity index (χ1v) is 4.89. The van der Waals surface area contributed by atoms with E-state index in [-0.39, 0.29) is 5.92 Å². The van der Waals surface area contributed by atoms with E-state index in [1.807, 2.05) is 51.1 Å². The van der Waals surface area contributed by atoms with Crippen LogP contribution in [0.4, 0.5) is 0 Å². The molecule has 0 amide bonds. The van der Waals surface area contributed by atoms with Gasteiger partial charge in [-0.15, -0.1) is 0 Å². The first-order valence-electron chi connectivity index (χ1n) is 4.89. The highest BCUT2D eigenvalue weighted by Crippen LogP contribution is 2.32. The molecule has 0 aromatic heterocycles. The molecule has 1 N–H and O–H groups in total. The van der Waals surface area contributed by atoms with Crippen molar-refractivity contribution in [3.8, 4) is 0 Å². The molecule has 1 heteroatoms. The fraction of sp³-hybridized carbons (Fsp3) is 0.385. The molecule has 14 heavy (non-hydrogen) atoms. The SMILES string of the molecule is C=C(C)[C@@H](C)[C@](C)(O)c1ccccc1. The van der Waals surface area contributed by atoms with Gasteiger partial charge in [-0.3, -0.25) is 0 Å². The summed E-state index contributed by atoms with van der Waals surface area (Å²) in [5.41, 5.74) is 1.11. The Morgan fingerprint density at radius 3 is 2.29 bits per heavy atom. The first-order chi connectivity index (χ1) is 6.46. The molecule has 0 aliphatic heterocycles. The van der Waals surface area contributed by atoms with Crippen molar-refractivity contribution in [3.05, 3.63) is 48.0 Å². The largest absolute Gasteiger partial charge is 0.385 e. The maximum atomic E-state index is 10.4. The molecule has 1 rings (SSSR count). The Morgan fingerprint density at radius 1 is 1.36 bits per heavy atom. The monoisotopic (exact) mass is 190 g/mol. The Hall–Kier alpha value is -1.08. The van der Waals surface area contributed by atoms with Crippen LogP contribution in [0, 0.1) is 5.92 Å². The minimum atomic E-state index is -0.826. The summed E-state index contributed by atoms with van der Waals surface area (Å²) < 4.78 is 0. The lowest BCUT2D eigenvalue weighted by molar-refractivity contribution is 0.0162. The van der Waals surface area contributed by atoms with E-state index in [1.165, 1.54) is 0 Å². The number of hydrogen-bond donors (Lipinski definition) is 1. The van der Waals surface area contributed by atoms with Gasteiger partial charge < -0.3 is 5.11 Å². The van der Waals surface area contributed by atoms with Gasteiger partial charge in [0.2, 0.25) is 0 Å². The molecule has 0 saturated heterocycles. The topological polar surface area (TPSA) is 20.2 Å². The molecular weight excluding hydrogens is 172 g/mol. The Labute approximate surface area is 86.1 Å². The summed E-state index contributed by atoms with van der Waals surface area (Å²) in [5.74, 6) is 0.0601. The molecule has 0 unspecified atom stereocenters. The molecule has 0 fully saturated rings. The normalized spacial score (nSPS) is 17.1. The van der Waals surface area contributed by atoms with Crippen molar-refractivity contribution in [2.24, 2.45) is 5.92 Å². The molecule has 0 bridgehead atoms. The average molecular weight is 190 g/mol. The van der Waals surface area contributed by atoms with Gasteiger partial charge in [0.05, 0.1) is 5.60 Å². The van der Waals surface area contributed by atoms with Crippen LogP contribution in [0.5, 0.6) is 0 Å². The number of rotatable bonds is 3. The van der Waals surface area contributed by atoms with E-state index in [0.29, 0.717) is 0 Å². The Balaban J connectivity index is 3.02. The van der Waals surface area contributed by atoms with Gasteiger partial charge in [-0.05, 0) is 19.4 Å². The van der Waals surface area contributed by atoms with Crippen LogP contribution in [0.25, 0.3) is 0 Å². The fourth-order valence-electron chi connectivity index (χ4n) is 1.51. The summed E-state index contributed by atoms with van der Waals surface area (Å²) in [6.07, 6.45) is 0. The van der Waals surface area contributed by atoms with Crippen molar-refractivity contribution in [1.29, 1.82) is 0 Å². The predicted octanol–water partition coefficient (Wildman–Crippen LogP) is 3.11. The van der Waals surface area contributed by atoms with Crippen molar-refractivity contribution in [2.75, 3.05) is 0 Å². The summed E-state index contributed by atoms with van der Waals surface area (Å²) in [4.78, 5) is 0. The van der Waals surface area contributed by atoms with Crippen molar-refractivity contribution >= 4 is 0 Å². The second kappa shape index (κ2) is 3.97. The molecule has 0 saturated carbocycles. The molecule has 1 aromatic rings. The first kappa shape index (κ1) is 11.0. The van der Waals surface area contributed by atoms with E-state index in [2.05, 4.69) is 6.58 Å². The molecule has 1 aromatic carbocycles. The number of hydrogen-bond acceptors (Lipinski definition) is 1. The zero-order valence-corrected chi connectivity index (χ0v) is 9.12.